The lowest BCUT2D eigenvalue weighted by Crippen LogP contribution is -2.30. The van der Waals surface area contributed by atoms with Gasteiger partial charge in [0.15, 0.2) is 0 Å². The Morgan fingerprint density at radius 2 is 2.07 bits per heavy atom. The van der Waals surface area contributed by atoms with Gasteiger partial charge in [0.05, 0.1) is 5.92 Å². The SMILES string of the molecule is CC(C)(SS)C1C(=O)Nc2ccccc21. The molecule has 1 N–H and O–H groups in total. The van der Waals surface area contributed by atoms with Crippen LogP contribution in [0.2, 0.25) is 0 Å². The van der Waals surface area contributed by atoms with Crippen molar-refractivity contribution in [3.8, 4) is 0 Å². The third kappa shape index (κ3) is 1.76. The summed E-state index contributed by atoms with van der Waals surface area (Å²) in [5.41, 5.74) is 2.01. The van der Waals surface area contributed by atoms with Crippen molar-refractivity contribution >= 4 is 34.0 Å². The molecule has 2 nitrogen and oxygen atoms in total. The number of thiol groups is 1. The third-order valence-electron chi connectivity index (χ3n) is 2.72. The summed E-state index contributed by atoms with van der Waals surface area (Å²) in [4.78, 5) is 11.9. The lowest BCUT2D eigenvalue weighted by Gasteiger charge is -2.27. The minimum atomic E-state index is -0.195. The quantitative estimate of drug-likeness (QED) is 0.613. The largest absolute Gasteiger partial charge is 0.325 e. The van der Waals surface area contributed by atoms with Crippen molar-refractivity contribution in [2.24, 2.45) is 0 Å². The molecule has 0 aromatic heterocycles. The van der Waals surface area contributed by atoms with Gasteiger partial charge < -0.3 is 5.32 Å². The lowest BCUT2D eigenvalue weighted by atomic mass is 9.89. The summed E-state index contributed by atoms with van der Waals surface area (Å²) in [5, 5.41) is 2.90. The van der Waals surface area contributed by atoms with Crippen LogP contribution in [0.5, 0.6) is 0 Å². The first-order valence-corrected chi connectivity index (χ1v) is 6.65. The van der Waals surface area contributed by atoms with Crippen LogP contribution in [0.4, 0.5) is 5.69 Å². The molecule has 4 heteroatoms. The van der Waals surface area contributed by atoms with E-state index in [2.05, 4.69) is 17.0 Å². The highest BCUT2D eigenvalue weighted by molar-refractivity contribution is 8.69. The van der Waals surface area contributed by atoms with Crippen LogP contribution in [0.15, 0.2) is 24.3 Å². The highest BCUT2D eigenvalue weighted by atomic mass is 33.1. The number of carbonyl (C=O) groups is 1. The zero-order chi connectivity index (χ0) is 11.1. The summed E-state index contributed by atoms with van der Waals surface area (Å²) < 4.78 is -0.195. The zero-order valence-electron chi connectivity index (χ0n) is 8.65. The Bertz CT molecular complexity index is 403. The van der Waals surface area contributed by atoms with Crippen LogP contribution in [-0.4, -0.2) is 10.7 Å². The molecule has 0 spiro atoms. The van der Waals surface area contributed by atoms with Crippen molar-refractivity contribution in [1.82, 2.24) is 0 Å². The second-order valence-electron chi connectivity index (χ2n) is 4.20. The molecule has 80 valence electrons. The fourth-order valence-corrected chi connectivity index (χ4v) is 2.61. The van der Waals surface area contributed by atoms with Crippen LogP contribution in [0.25, 0.3) is 0 Å². The van der Waals surface area contributed by atoms with E-state index >= 15 is 0 Å². The normalized spacial score (nSPS) is 19.9. The topological polar surface area (TPSA) is 29.1 Å². The number of hydrogen-bond donors (Lipinski definition) is 2. The predicted octanol–water partition coefficient (Wildman–Crippen LogP) is 3.08. The molecule has 0 fully saturated rings. The number of rotatable bonds is 2. The fraction of sp³-hybridized carbons (Fsp3) is 0.364. The number of para-hydroxylation sites is 1. The van der Waals surface area contributed by atoms with Crippen LogP contribution in [0, 0.1) is 0 Å². The number of anilines is 1. The Morgan fingerprint density at radius 1 is 1.40 bits per heavy atom. The Hall–Kier alpha value is -0.610. The first kappa shape index (κ1) is 10.9. The van der Waals surface area contributed by atoms with Crippen molar-refractivity contribution in [1.29, 1.82) is 0 Å². The van der Waals surface area contributed by atoms with Crippen LogP contribution >= 0.6 is 22.5 Å². The Labute approximate surface area is 98.6 Å². The molecular formula is C11H13NOS2. The molecule has 0 radical (unpaired) electrons. The average molecular weight is 239 g/mol. The number of carbonyl (C=O) groups excluding carboxylic acids is 1. The molecule has 1 aromatic carbocycles. The van der Waals surface area contributed by atoms with Crippen LogP contribution < -0.4 is 5.32 Å². The maximum atomic E-state index is 11.9. The highest BCUT2D eigenvalue weighted by Gasteiger charge is 2.41. The molecule has 0 saturated heterocycles. The number of hydrogen-bond acceptors (Lipinski definition) is 3. The highest BCUT2D eigenvalue weighted by Crippen LogP contribution is 2.46. The predicted molar refractivity (Wildman–Crippen MR) is 68.5 cm³/mol. The van der Waals surface area contributed by atoms with Gasteiger partial charge in [-0.15, -0.1) is 11.7 Å². The van der Waals surface area contributed by atoms with Crippen molar-refractivity contribution in [2.45, 2.75) is 24.5 Å². The lowest BCUT2D eigenvalue weighted by molar-refractivity contribution is -0.117. The molecule has 1 aliphatic rings. The second kappa shape index (κ2) is 3.76. The van der Waals surface area contributed by atoms with Crippen molar-refractivity contribution in [3.63, 3.8) is 0 Å². The van der Waals surface area contributed by atoms with Gasteiger partial charge in [-0.3, -0.25) is 4.79 Å². The summed E-state index contributed by atoms with van der Waals surface area (Å²) in [5.74, 6) is -0.0426. The van der Waals surface area contributed by atoms with E-state index < -0.39 is 0 Å². The van der Waals surface area contributed by atoms with E-state index in [-0.39, 0.29) is 16.6 Å². The second-order valence-corrected chi connectivity index (χ2v) is 5.99. The summed E-state index contributed by atoms with van der Waals surface area (Å²) in [6, 6.07) is 7.84. The molecule has 0 aliphatic carbocycles. The summed E-state index contributed by atoms with van der Waals surface area (Å²) in [6.45, 7) is 4.08. The Kier molecular flexibility index (Phi) is 2.73. The average Bonchev–Trinajstić information content (AvgIpc) is 2.54. The number of fused-ring (bicyclic) bond motifs is 1. The van der Waals surface area contributed by atoms with Gasteiger partial charge in [-0.25, -0.2) is 0 Å². The Morgan fingerprint density at radius 3 is 2.73 bits per heavy atom. The van der Waals surface area contributed by atoms with Gasteiger partial charge in [0, 0.05) is 10.4 Å². The minimum absolute atomic E-state index is 0.0720. The number of amides is 1. The molecule has 2 rings (SSSR count). The van der Waals surface area contributed by atoms with E-state index in [1.54, 1.807) is 0 Å². The zero-order valence-corrected chi connectivity index (χ0v) is 10.4. The molecule has 1 unspecified atom stereocenters. The standard InChI is InChI=1S/C11H13NOS2/c1-11(2,15-14)9-7-5-3-4-6-8(7)12-10(9)13/h3-6,9,14H,1-2H3,(H,12,13). The summed E-state index contributed by atoms with van der Waals surface area (Å²) in [7, 11) is 1.43. The van der Waals surface area contributed by atoms with E-state index in [0.717, 1.165) is 11.3 Å². The molecule has 1 atom stereocenters. The molecule has 1 aromatic rings. The van der Waals surface area contributed by atoms with E-state index in [4.69, 9.17) is 0 Å². The number of nitrogens with one attached hydrogen (secondary N) is 1. The third-order valence-corrected chi connectivity index (χ3v) is 4.84. The maximum absolute atomic E-state index is 11.9. The summed E-state index contributed by atoms with van der Waals surface area (Å²) >= 11 is 4.25. The van der Waals surface area contributed by atoms with Gasteiger partial charge in [-0.05, 0) is 25.5 Å². The van der Waals surface area contributed by atoms with Crippen LogP contribution in [-0.2, 0) is 4.79 Å². The van der Waals surface area contributed by atoms with Gasteiger partial charge in [0.25, 0.3) is 0 Å². The van der Waals surface area contributed by atoms with E-state index in [0.29, 0.717) is 0 Å². The van der Waals surface area contributed by atoms with E-state index in [1.165, 1.54) is 10.8 Å². The molecule has 1 aliphatic heterocycles. The molecule has 1 amide bonds. The van der Waals surface area contributed by atoms with Gasteiger partial charge >= 0.3 is 0 Å². The van der Waals surface area contributed by atoms with Gasteiger partial charge in [-0.1, -0.05) is 29.0 Å². The smallest absolute Gasteiger partial charge is 0.233 e. The number of benzene rings is 1. The van der Waals surface area contributed by atoms with Crippen LogP contribution in [0.1, 0.15) is 25.3 Å². The van der Waals surface area contributed by atoms with Crippen molar-refractivity contribution in [3.05, 3.63) is 29.8 Å². The molecule has 15 heavy (non-hydrogen) atoms. The molecule has 0 bridgehead atoms. The van der Waals surface area contributed by atoms with Gasteiger partial charge in [-0.2, -0.15) is 0 Å². The summed E-state index contributed by atoms with van der Waals surface area (Å²) in [6.07, 6.45) is 0. The Balaban J connectivity index is 2.46. The fourth-order valence-electron chi connectivity index (χ4n) is 1.95. The minimum Gasteiger partial charge on any atom is -0.325 e. The van der Waals surface area contributed by atoms with Gasteiger partial charge in [0.1, 0.15) is 0 Å². The van der Waals surface area contributed by atoms with E-state index in [1.807, 2.05) is 38.1 Å². The van der Waals surface area contributed by atoms with E-state index in [9.17, 15) is 4.79 Å². The van der Waals surface area contributed by atoms with Crippen LogP contribution in [0.3, 0.4) is 0 Å². The monoisotopic (exact) mass is 239 g/mol. The van der Waals surface area contributed by atoms with Gasteiger partial charge in [0.2, 0.25) is 5.91 Å². The molecule has 1 heterocycles. The molecule has 0 saturated carbocycles. The molecular weight excluding hydrogens is 226 g/mol. The first-order valence-electron chi connectivity index (χ1n) is 4.78. The van der Waals surface area contributed by atoms with Crippen molar-refractivity contribution in [2.75, 3.05) is 5.32 Å². The first-order chi connectivity index (χ1) is 7.06. The van der Waals surface area contributed by atoms with Crippen molar-refractivity contribution < 1.29 is 4.79 Å². The maximum Gasteiger partial charge on any atom is 0.233 e.